The second-order valence-electron chi connectivity index (χ2n) is 11.8. The summed E-state index contributed by atoms with van der Waals surface area (Å²) in [6, 6.07) is 12.6. The largest absolute Gasteiger partial charge is 0.508 e. The third-order valence-electron chi connectivity index (χ3n) is 5.78. The first kappa shape index (κ1) is 35.0. The van der Waals surface area contributed by atoms with Crippen molar-refractivity contribution in [3.05, 3.63) is 65.7 Å². The van der Waals surface area contributed by atoms with Crippen LogP contribution in [0.3, 0.4) is 0 Å². The number of alkyl carbamates (subject to hydrolysis) is 1. The van der Waals surface area contributed by atoms with Crippen molar-refractivity contribution >= 4 is 36.5 Å². The predicted octanol–water partition coefficient (Wildman–Crippen LogP) is 3.68. The highest BCUT2D eigenvalue weighted by Gasteiger charge is 2.39. The highest BCUT2D eigenvalue weighted by Crippen LogP contribution is 2.30. The van der Waals surface area contributed by atoms with E-state index >= 15 is 0 Å². The van der Waals surface area contributed by atoms with Gasteiger partial charge >= 0.3 is 12.1 Å². The lowest BCUT2D eigenvalue weighted by Crippen LogP contribution is -2.55. The minimum absolute atomic E-state index is 0.00133. The Morgan fingerprint density at radius 1 is 0.907 bits per heavy atom. The summed E-state index contributed by atoms with van der Waals surface area (Å²) in [5, 5.41) is 25.5. The van der Waals surface area contributed by atoms with Crippen LogP contribution in [0, 0.1) is 11.3 Å². The Morgan fingerprint density at radius 3 is 2.02 bits per heavy atom. The molecule has 0 aliphatic rings. The number of esters is 1. The van der Waals surface area contributed by atoms with E-state index in [2.05, 4.69) is 23.3 Å². The van der Waals surface area contributed by atoms with Crippen molar-refractivity contribution in [3.63, 3.8) is 0 Å². The zero-order valence-electron chi connectivity index (χ0n) is 25.3. The maximum Gasteiger partial charge on any atom is 0.408 e. The number of carbonyl (C=O) groups is 4. The first-order valence-corrected chi connectivity index (χ1v) is 14.3. The third kappa shape index (κ3) is 11.2. The Morgan fingerprint density at radius 2 is 1.49 bits per heavy atom. The number of rotatable bonds is 11. The van der Waals surface area contributed by atoms with Crippen molar-refractivity contribution in [3.8, 4) is 11.8 Å². The molecule has 2 aromatic rings. The average Bonchev–Trinajstić information content (AvgIpc) is 2.90. The van der Waals surface area contributed by atoms with Gasteiger partial charge < -0.3 is 30.1 Å². The predicted molar refractivity (Wildman–Crippen MR) is 163 cm³/mol. The van der Waals surface area contributed by atoms with Crippen LogP contribution in [0.15, 0.2) is 54.6 Å². The topological polar surface area (TPSA) is 158 Å². The summed E-state index contributed by atoms with van der Waals surface area (Å²) >= 11 is 4.20. The molecule has 0 radical (unpaired) electrons. The van der Waals surface area contributed by atoms with E-state index in [9.17, 15) is 29.5 Å². The number of nitrogens with one attached hydrogen (secondary N) is 2. The van der Waals surface area contributed by atoms with Crippen LogP contribution in [0.2, 0.25) is 0 Å². The number of benzene rings is 2. The van der Waals surface area contributed by atoms with Crippen molar-refractivity contribution in [2.24, 2.45) is 0 Å². The summed E-state index contributed by atoms with van der Waals surface area (Å²) < 4.78 is 10.8. The molecule has 2 rings (SSSR count). The highest BCUT2D eigenvalue weighted by molar-refractivity contribution is 7.80. The first-order valence-electron chi connectivity index (χ1n) is 13.7. The van der Waals surface area contributed by atoms with Gasteiger partial charge in [-0.15, -0.1) is 0 Å². The van der Waals surface area contributed by atoms with Gasteiger partial charge in [-0.25, -0.2) is 9.59 Å². The number of hydrogen-bond donors (Lipinski definition) is 4. The molecule has 11 nitrogen and oxygen atoms in total. The molecule has 0 fully saturated rings. The highest BCUT2D eigenvalue weighted by atomic mass is 32.1. The van der Waals surface area contributed by atoms with Crippen molar-refractivity contribution in [2.45, 2.75) is 77.3 Å². The first-order chi connectivity index (χ1) is 20.1. The van der Waals surface area contributed by atoms with Crippen molar-refractivity contribution in [2.75, 3.05) is 12.3 Å². The zero-order valence-corrected chi connectivity index (χ0v) is 26.2. The smallest absolute Gasteiger partial charge is 0.408 e. The molecule has 232 valence electrons. The Labute approximate surface area is 257 Å². The summed E-state index contributed by atoms with van der Waals surface area (Å²) in [6.45, 7) is 9.45. The molecule has 0 saturated carbocycles. The number of aromatic hydroxyl groups is 1. The lowest BCUT2D eigenvalue weighted by molar-refractivity contribution is -0.159. The van der Waals surface area contributed by atoms with E-state index in [4.69, 9.17) is 9.47 Å². The van der Waals surface area contributed by atoms with Gasteiger partial charge in [-0.2, -0.15) is 17.9 Å². The van der Waals surface area contributed by atoms with Gasteiger partial charge in [-0.1, -0.05) is 48.5 Å². The van der Waals surface area contributed by atoms with Gasteiger partial charge in [-0.3, -0.25) is 9.59 Å². The zero-order chi connectivity index (χ0) is 32.4. The fourth-order valence-corrected chi connectivity index (χ4v) is 4.29. The monoisotopic (exact) mass is 612 g/mol. The van der Waals surface area contributed by atoms with Gasteiger partial charge in [0.15, 0.2) is 0 Å². The van der Waals surface area contributed by atoms with E-state index in [1.165, 1.54) is 18.2 Å². The van der Waals surface area contributed by atoms with Crippen LogP contribution >= 0.6 is 12.6 Å². The van der Waals surface area contributed by atoms with Gasteiger partial charge in [0.05, 0.1) is 6.07 Å². The van der Waals surface area contributed by atoms with Crippen molar-refractivity contribution in [1.82, 2.24) is 15.5 Å². The van der Waals surface area contributed by atoms with Gasteiger partial charge in [0.2, 0.25) is 11.8 Å². The molecule has 3 unspecified atom stereocenters. The molecular weight excluding hydrogens is 572 g/mol. The van der Waals surface area contributed by atoms with Gasteiger partial charge in [0, 0.05) is 17.7 Å². The van der Waals surface area contributed by atoms with Crippen LogP contribution in [-0.4, -0.2) is 69.5 Å². The molecule has 0 spiro atoms. The van der Waals surface area contributed by atoms with Crippen LogP contribution in [0.4, 0.5) is 4.79 Å². The number of phenolic OH excluding ortho intramolecular Hbond substituents is 1. The van der Waals surface area contributed by atoms with Crippen LogP contribution in [0.1, 0.15) is 58.7 Å². The number of ether oxygens (including phenoxy) is 2. The fourth-order valence-electron chi connectivity index (χ4n) is 4.04. The van der Waals surface area contributed by atoms with E-state index in [1.54, 1.807) is 71.9 Å². The molecule has 3 amide bonds. The normalized spacial score (nSPS) is 13.4. The summed E-state index contributed by atoms with van der Waals surface area (Å²) in [5.74, 6) is -2.91. The molecule has 0 bridgehead atoms. The average molecular weight is 613 g/mol. The van der Waals surface area contributed by atoms with Gasteiger partial charge in [0.1, 0.15) is 41.6 Å². The van der Waals surface area contributed by atoms with Gasteiger partial charge in [0.25, 0.3) is 0 Å². The molecule has 0 heterocycles. The molecule has 43 heavy (non-hydrogen) atoms. The number of nitriles is 1. The van der Waals surface area contributed by atoms with Gasteiger partial charge in [-0.05, 0) is 53.2 Å². The van der Waals surface area contributed by atoms with E-state index in [1.807, 2.05) is 12.1 Å². The van der Waals surface area contributed by atoms with Crippen LogP contribution in [0.25, 0.3) is 0 Å². The Kier molecular flexibility index (Phi) is 12.4. The lowest BCUT2D eigenvalue weighted by Gasteiger charge is -2.33. The summed E-state index contributed by atoms with van der Waals surface area (Å²) in [5.41, 5.74) is -0.973. The maximum atomic E-state index is 14.0. The van der Waals surface area contributed by atoms with Crippen molar-refractivity contribution < 1.29 is 33.8 Å². The van der Waals surface area contributed by atoms with Crippen LogP contribution < -0.4 is 10.6 Å². The number of amides is 3. The van der Waals surface area contributed by atoms with E-state index in [0.717, 1.165) is 10.5 Å². The molecule has 0 saturated heterocycles. The summed E-state index contributed by atoms with van der Waals surface area (Å²) in [4.78, 5) is 54.5. The molecule has 12 heteroatoms. The minimum Gasteiger partial charge on any atom is -0.508 e. The number of thiol groups is 1. The molecule has 3 N–H and O–H groups in total. The molecule has 0 aromatic heterocycles. The standard InChI is InChI=1S/C31H40N4O7S/c1-30(2,3)41-28(39)22(18-20-12-8-7-9-13-20)33-26(37)25(21-14-10-11-15-24(21)36)35(17-16-32)27(38)23(19-43)34-29(40)42-31(4,5)6/h7-15,22-23,25,36,43H,17-19H2,1-6H3,(H,33,37)(H,34,40). The number of carbonyl (C=O) groups excluding carboxylic acids is 4. The minimum atomic E-state index is -1.57. The van der Waals surface area contributed by atoms with E-state index < -0.39 is 59.7 Å². The number of phenols is 1. The molecular formula is C31H40N4O7S. The summed E-state index contributed by atoms with van der Waals surface area (Å²) in [7, 11) is 0. The SMILES string of the molecule is CC(C)(C)OC(=O)NC(CS)C(=O)N(CC#N)C(C(=O)NC(Cc1ccccc1)C(=O)OC(C)(C)C)c1ccccc1O. The summed E-state index contributed by atoms with van der Waals surface area (Å²) in [6.07, 6.45) is -0.825. The Bertz CT molecular complexity index is 1320. The third-order valence-corrected chi connectivity index (χ3v) is 6.14. The Hall–Kier alpha value is -4.24. The van der Waals surface area contributed by atoms with Crippen LogP contribution in [-0.2, 0) is 30.3 Å². The molecule has 2 aromatic carbocycles. The number of nitrogens with zero attached hydrogens (tertiary/aromatic N) is 2. The fraction of sp³-hybridized carbons (Fsp3) is 0.452. The molecule has 0 aliphatic heterocycles. The second kappa shape index (κ2) is 15.3. The van der Waals surface area contributed by atoms with Crippen LogP contribution in [0.5, 0.6) is 5.75 Å². The number of para-hydroxylation sites is 1. The maximum absolute atomic E-state index is 14.0. The second-order valence-corrected chi connectivity index (χ2v) is 12.1. The quantitative estimate of drug-likeness (QED) is 0.170. The van der Waals surface area contributed by atoms with E-state index in [0.29, 0.717) is 0 Å². The van der Waals surface area contributed by atoms with E-state index in [-0.39, 0.29) is 23.5 Å². The number of hydrogen-bond acceptors (Lipinski definition) is 9. The lowest BCUT2D eigenvalue weighted by atomic mass is 10.00. The molecule has 3 atom stereocenters. The van der Waals surface area contributed by atoms with Crippen molar-refractivity contribution in [1.29, 1.82) is 5.26 Å². The Balaban J connectivity index is 2.54. The molecule has 0 aliphatic carbocycles.